The number of alkyl halides is 11. The van der Waals surface area contributed by atoms with Crippen molar-refractivity contribution < 1.29 is 48.3 Å². The van der Waals surface area contributed by atoms with Crippen molar-refractivity contribution in [3.63, 3.8) is 0 Å². The molecule has 0 amide bonds. The average molecular weight is 393 g/mol. The van der Waals surface area contributed by atoms with Gasteiger partial charge in [0.05, 0.1) is 5.57 Å². The van der Waals surface area contributed by atoms with Crippen molar-refractivity contribution in [1.82, 2.24) is 10.2 Å². The van der Waals surface area contributed by atoms with E-state index in [2.05, 4.69) is 4.99 Å². The van der Waals surface area contributed by atoms with Crippen LogP contribution in [0, 0.1) is 0 Å². The van der Waals surface area contributed by atoms with Crippen LogP contribution in [0.1, 0.15) is 0 Å². The Morgan fingerprint density at radius 3 is 1.52 bits per heavy atom. The summed E-state index contributed by atoms with van der Waals surface area (Å²) < 4.78 is 145. The van der Waals surface area contributed by atoms with Gasteiger partial charge >= 0.3 is 24.5 Å². The molecule has 14 heteroatoms. The van der Waals surface area contributed by atoms with E-state index in [1.807, 2.05) is 0 Å². The highest BCUT2D eigenvalue weighted by Crippen LogP contribution is 2.57. The molecule has 1 rings (SSSR count). The van der Waals surface area contributed by atoms with Crippen LogP contribution in [0.2, 0.25) is 0 Å². The minimum Gasteiger partial charge on any atom is -0.325 e. The second kappa shape index (κ2) is 5.71. The van der Waals surface area contributed by atoms with Crippen molar-refractivity contribution in [3.8, 4) is 0 Å². The lowest BCUT2D eigenvalue weighted by Crippen LogP contribution is -2.76. The van der Waals surface area contributed by atoms with Gasteiger partial charge in [-0.15, -0.1) is 0 Å². The molecule has 1 aliphatic rings. The van der Waals surface area contributed by atoms with Crippen molar-refractivity contribution in [2.24, 2.45) is 4.99 Å². The monoisotopic (exact) mass is 393 g/mol. The van der Waals surface area contributed by atoms with E-state index in [4.69, 9.17) is 0 Å². The molecule has 1 atom stereocenters. The standard InChI is InChI=1S/C11H10F11N3/c1-23-6-4(5(25(6)3)8(12,13)14)7(24-2,10(17,18)19)9(15,16)11(20,21)22/h24H,1-3H3. The Hall–Kier alpha value is -1.60. The molecule has 0 aromatic carbocycles. The van der Waals surface area contributed by atoms with Gasteiger partial charge in [0, 0.05) is 14.1 Å². The summed E-state index contributed by atoms with van der Waals surface area (Å²) >= 11 is 0. The summed E-state index contributed by atoms with van der Waals surface area (Å²) in [4.78, 5) is 2.94. The quantitative estimate of drug-likeness (QED) is 0.744. The summed E-state index contributed by atoms with van der Waals surface area (Å²) in [6.45, 7) is 0. The third-order valence-electron chi connectivity index (χ3n) is 3.60. The molecule has 1 aliphatic heterocycles. The van der Waals surface area contributed by atoms with E-state index in [1.54, 1.807) is 0 Å². The Labute approximate surface area is 133 Å². The second-order valence-electron chi connectivity index (χ2n) is 4.90. The molecule has 1 N–H and O–H groups in total. The predicted octanol–water partition coefficient (Wildman–Crippen LogP) is 3.49. The summed E-state index contributed by atoms with van der Waals surface area (Å²) in [6, 6.07) is 0. The number of halogens is 11. The van der Waals surface area contributed by atoms with Crippen molar-refractivity contribution >= 4 is 5.84 Å². The zero-order valence-electron chi connectivity index (χ0n) is 12.6. The van der Waals surface area contributed by atoms with Gasteiger partial charge in [-0.3, -0.25) is 10.3 Å². The fourth-order valence-electron chi connectivity index (χ4n) is 2.55. The summed E-state index contributed by atoms with van der Waals surface area (Å²) in [5.41, 5.74) is -10.0. The number of hydrogen-bond donors (Lipinski definition) is 1. The van der Waals surface area contributed by atoms with Crippen LogP contribution in [-0.2, 0) is 0 Å². The number of hydrogen-bond acceptors (Lipinski definition) is 2. The molecule has 1 heterocycles. The van der Waals surface area contributed by atoms with E-state index in [9.17, 15) is 48.3 Å². The van der Waals surface area contributed by atoms with Crippen molar-refractivity contribution in [2.45, 2.75) is 30.0 Å². The highest BCUT2D eigenvalue weighted by Gasteiger charge is 2.83. The van der Waals surface area contributed by atoms with E-state index < -0.39 is 47.1 Å². The molecule has 1 unspecified atom stereocenters. The molecule has 0 saturated carbocycles. The number of nitrogens with zero attached hydrogens (tertiary/aromatic N) is 2. The maximum atomic E-state index is 13.8. The summed E-state index contributed by atoms with van der Waals surface area (Å²) in [5, 5.41) is 0.731. The lowest BCUT2D eigenvalue weighted by atomic mass is 9.76. The highest BCUT2D eigenvalue weighted by atomic mass is 19.4. The molecule has 25 heavy (non-hydrogen) atoms. The first-order valence-corrected chi connectivity index (χ1v) is 6.14. The highest BCUT2D eigenvalue weighted by molar-refractivity contribution is 6.08. The first kappa shape index (κ1) is 21.4. The Bertz CT molecular complexity index is 596. The third kappa shape index (κ3) is 2.73. The lowest BCUT2D eigenvalue weighted by Gasteiger charge is -2.50. The number of aliphatic imine (C=N–C) groups is 1. The number of rotatable bonds is 3. The topological polar surface area (TPSA) is 27.6 Å². The zero-order valence-corrected chi connectivity index (χ0v) is 12.6. The van der Waals surface area contributed by atoms with Gasteiger partial charge in [-0.1, -0.05) is 0 Å². The van der Waals surface area contributed by atoms with E-state index in [0.717, 1.165) is 5.32 Å². The van der Waals surface area contributed by atoms with Gasteiger partial charge in [0.1, 0.15) is 11.5 Å². The van der Waals surface area contributed by atoms with Gasteiger partial charge in [0.2, 0.25) is 5.54 Å². The van der Waals surface area contributed by atoms with Crippen molar-refractivity contribution in [3.05, 3.63) is 11.3 Å². The fraction of sp³-hybridized carbons (Fsp3) is 0.727. The molecule has 146 valence electrons. The van der Waals surface area contributed by atoms with Gasteiger partial charge in [-0.2, -0.15) is 48.3 Å². The second-order valence-corrected chi connectivity index (χ2v) is 4.90. The Balaban J connectivity index is 4.03. The largest absolute Gasteiger partial charge is 0.456 e. The van der Waals surface area contributed by atoms with E-state index in [-0.39, 0.29) is 11.9 Å². The normalized spacial score (nSPS) is 21.5. The molecular weight excluding hydrogens is 383 g/mol. The SMILES string of the molecule is CN=C1C(C(NC)(C(F)(F)F)C(F)(F)C(F)(F)F)=C(C(F)(F)F)N1C. The Morgan fingerprint density at radius 2 is 1.28 bits per heavy atom. The van der Waals surface area contributed by atoms with E-state index in [1.165, 1.54) is 0 Å². The smallest absolute Gasteiger partial charge is 0.325 e. The lowest BCUT2D eigenvalue weighted by molar-refractivity contribution is -0.350. The van der Waals surface area contributed by atoms with Gasteiger partial charge < -0.3 is 4.90 Å². The number of nitrogens with one attached hydrogen (secondary N) is 1. The van der Waals surface area contributed by atoms with Crippen LogP contribution in [0.4, 0.5) is 48.3 Å². The minimum absolute atomic E-state index is 0.0420. The Morgan fingerprint density at radius 1 is 0.840 bits per heavy atom. The van der Waals surface area contributed by atoms with Gasteiger partial charge in [0.25, 0.3) is 0 Å². The molecule has 0 fully saturated rings. The molecule has 0 bridgehead atoms. The summed E-state index contributed by atoms with van der Waals surface area (Å²) in [6.07, 6.45) is -18.9. The fourth-order valence-corrected chi connectivity index (χ4v) is 2.55. The minimum atomic E-state index is -6.80. The van der Waals surface area contributed by atoms with Crippen LogP contribution in [-0.4, -0.2) is 61.9 Å². The number of likely N-dealkylation sites (N-methyl/N-ethyl adjacent to an activating group) is 2. The predicted molar refractivity (Wildman–Crippen MR) is 63.1 cm³/mol. The van der Waals surface area contributed by atoms with Crippen molar-refractivity contribution in [1.29, 1.82) is 0 Å². The molecule has 3 nitrogen and oxygen atoms in total. The van der Waals surface area contributed by atoms with Crippen LogP contribution >= 0.6 is 0 Å². The molecule has 0 spiro atoms. The molecule has 0 aromatic rings. The summed E-state index contributed by atoms with van der Waals surface area (Å²) in [5.74, 6) is -7.93. The van der Waals surface area contributed by atoms with Crippen molar-refractivity contribution in [2.75, 3.05) is 21.1 Å². The number of amidine groups is 1. The molecular formula is C11H10F11N3. The molecule has 0 radical (unpaired) electrons. The molecule has 0 saturated heterocycles. The maximum Gasteiger partial charge on any atom is 0.456 e. The van der Waals surface area contributed by atoms with E-state index in [0.29, 0.717) is 14.1 Å². The first-order valence-electron chi connectivity index (χ1n) is 6.14. The third-order valence-corrected chi connectivity index (χ3v) is 3.60. The maximum absolute atomic E-state index is 13.8. The van der Waals surface area contributed by atoms with Crippen LogP contribution < -0.4 is 5.32 Å². The van der Waals surface area contributed by atoms with Gasteiger partial charge in [-0.05, 0) is 7.05 Å². The Kier molecular flexibility index (Phi) is 4.89. The van der Waals surface area contributed by atoms with Crippen LogP contribution in [0.3, 0.4) is 0 Å². The molecule has 0 aromatic heterocycles. The van der Waals surface area contributed by atoms with Gasteiger partial charge in [-0.25, -0.2) is 0 Å². The van der Waals surface area contributed by atoms with Crippen LogP contribution in [0.25, 0.3) is 0 Å². The average Bonchev–Trinajstić information content (AvgIpc) is 2.34. The van der Waals surface area contributed by atoms with Crippen LogP contribution in [0.15, 0.2) is 16.3 Å². The molecule has 0 aliphatic carbocycles. The van der Waals surface area contributed by atoms with Gasteiger partial charge in [0.15, 0.2) is 0 Å². The first-order chi connectivity index (χ1) is 10.9. The zero-order chi connectivity index (χ0) is 20.2. The van der Waals surface area contributed by atoms with Crippen LogP contribution in [0.5, 0.6) is 0 Å². The van der Waals surface area contributed by atoms with E-state index >= 15 is 0 Å². The number of allylic oxidation sites excluding steroid dienone is 1. The summed E-state index contributed by atoms with van der Waals surface area (Å²) in [7, 11) is 1.25.